The zero-order chi connectivity index (χ0) is 16.5. The molecular weight excluding hydrogens is 308 g/mol. The molecule has 0 radical (unpaired) electrons. The monoisotopic (exact) mass is 326 g/mol. The Morgan fingerprint density at radius 3 is 3.08 bits per heavy atom. The number of aromatic amines is 1. The second kappa shape index (κ2) is 6.09. The smallest absolute Gasteiger partial charge is 0.246 e. The number of aryl methyl sites for hydroxylation is 1. The van der Waals surface area contributed by atoms with Gasteiger partial charge >= 0.3 is 0 Å². The van der Waals surface area contributed by atoms with E-state index >= 15 is 0 Å². The topological polar surface area (TPSA) is 84.2 Å². The highest BCUT2D eigenvalue weighted by Crippen LogP contribution is 2.23. The number of hydrogen-bond acceptors (Lipinski definition) is 5. The van der Waals surface area contributed by atoms with E-state index in [1.807, 2.05) is 30.5 Å². The molecule has 7 heteroatoms. The molecule has 0 bridgehead atoms. The molecule has 1 atom stereocenters. The van der Waals surface area contributed by atoms with Gasteiger partial charge in [-0.3, -0.25) is 4.79 Å². The molecule has 3 aromatic rings. The van der Waals surface area contributed by atoms with Crippen LogP contribution >= 0.6 is 0 Å². The lowest BCUT2D eigenvalue weighted by Gasteiger charge is -2.31. The molecule has 0 aliphatic carbocycles. The highest BCUT2D eigenvalue weighted by Gasteiger charge is 2.29. The number of nitrogens with zero attached hydrogens (tertiary/aromatic N) is 3. The van der Waals surface area contributed by atoms with E-state index < -0.39 is 0 Å². The molecule has 124 valence electrons. The minimum atomic E-state index is -0.355. The Bertz CT molecular complexity index is 869. The minimum Gasteiger partial charge on any atom is -0.423 e. The molecule has 24 heavy (non-hydrogen) atoms. The Kier molecular flexibility index (Phi) is 3.78. The maximum atomic E-state index is 12.7. The Morgan fingerprint density at radius 1 is 1.38 bits per heavy atom. The average Bonchev–Trinajstić information content (AvgIpc) is 3.22. The normalized spacial score (nSPS) is 18.2. The number of ether oxygens (including phenoxy) is 1. The van der Waals surface area contributed by atoms with Gasteiger partial charge in [-0.2, -0.15) is 0 Å². The molecule has 1 N–H and O–H groups in total. The highest BCUT2D eigenvalue weighted by molar-refractivity contribution is 5.88. The molecule has 0 spiro atoms. The molecule has 1 unspecified atom stereocenters. The summed E-state index contributed by atoms with van der Waals surface area (Å²) in [4.78, 5) is 17.7. The average molecular weight is 326 g/mol. The first-order valence-electron chi connectivity index (χ1n) is 7.95. The summed E-state index contributed by atoms with van der Waals surface area (Å²) in [6.45, 7) is 3.21. The van der Waals surface area contributed by atoms with Crippen molar-refractivity contribution >= 4 is 16.8 Å². The summed E-state index contributed by atoms with van der Waals surface area (Å²) < 4.78 is 11.1. The number of para-hydroxylation sites is 1. The van der Waals surface area contributed by atoms with Gasteiger partial charge in [0.1, 0.15) is 0 Å². The number of H-pyrrole nitrogens is 1. The lowest BCUT2D eigenvalue weighted by molar-refractivity contribution is -0.139. The quantitative estimate of drug-likeness (QED) is 0.796. The van der Waals surface area contributed by atoms with E-state index in [0.29, 0.717) is 37.9 Å². The zero-order valence-corrected chi connectivity index (χ0v) is 13.4. The van der Waals surface area contributed by atoms with Gasteiger partial charge in [0.2, 0.25) is 17.7 Å². The number of rotatable bonds is 3. The van der Waals surface area contributed by atoms with Crippen LogP contribution in [0.2, 0.25) is 0 Å². The van der Waals surface area contributed by atoms with Crippen LogP contribution < -0.4 is 0 Å². The fourth-order valence-electron chi connectivity index (χ4n) is 3.02. The van der Waals surface area contributed by atoms with Gasteiger partial charge in [0.05, 0.1) is 19.6 Å². The Labute approximate surface area is 138 Å². The molecule has 1 aliphatic heterocycles. The van der Waals surface area contributed by atoms with Crippen LogP contribution in [0.5, 0.6) is 0 Å². The summed E-state index contributed by atoms with van der Waals surface area (Å²) in [7, 11) is 0. The number of hydrogen-bond donors (Lipinski definition) is 1. The number of amides is 1. The van der Waals surface area contributed by atoms with E-state index in [9.17, 15) is 4.79 Å². The maximum Gasteiger partial charge on any atom is 0.246 e. The van der Waals surface area contributed by atoms with Crippen molar-refractivity contribution < 1.29 is 13.9 Å². The lowest BCUT2D eigenvalue weighted by atomic mass is 10.1. The standard InChI is InChI=1S/C17H18N4O3/c1-11-19-20-17(24-11)15-10-21(6-7-23-15)16(22)8-12-9-18-14-5-3-2-4-13(12)14/h2-5,9,15,18H,6-8,10H2,1H3. The number of fused-ring (bicyclic) bond motifs is 1. The molecule has 1 saturated heterocycles. The van der Waals surface area contributed by atoms with Crippen LogP contribution in [0.4, 0.5) is 0 Å². The van der Waals surface area contributed by atoms with Crippen LogP contribution in [-0.4, -0.2) is 45.7 Å². The zero-order valence-electron chi connectivity index (χ0n) is 13.4. The van der Waals surface area contributed by atoms with Crippen LogP contribution in [0.1, 0.15) is 23.4 Å². The first-order chi connectivity index (χ1) is 11.7. The molecule has 4 rings (SSSR count). The van der Waals surface area contributed by atoms with Gasteiger partial charge in [-0.1, -0.05) is 18.2 Å². The number of morpholine rings is 1. The molecule has 3 heterocycles. The summed E-state index contributed by atoms with van der Waals surface area (Å²) in [5.41, 5.74) is 2.05. The number of carbonyl (C=O) groups excluding carboxylic acids is 1. The van der Waals surface area contributed by atoms with E-state index in [1.165, 1.54) is 0 Å². The molecule has 1 amide bonds. The molecule has 1 aromatic carbocycles. The van der Waals surface area contributed by atoms with E-state index in [-0.39, 0.29) is 12.0 Å². The van der Waals surface area contributed by atoms with Gasteiger partial charge in [0, 0.05) is 30.6 Å². The number of nitrogens with one attached hydrogen (secondary N) is 1. The number of benzene rings is 1. The molecule has 0 saturated carbocycles. The van der Waals surface area contributed by atoms with Crippen molar-refractivity contribution in [1.29, 1.82) is 0 Å². The first-order valence-corrected chi connectivity index (χ1v) is 7.95. The second-order valence-corrected chi connectivity index (χ2v) is 5.89. The summed E-state index contributed by atoms with van der Waals surface area (Å²) >= 11 is 0. The first kappa shape index (κ1) is 14.9. The molecule has 2 aromatic heterocycles. The van der Waals surface area contributed by atoms with Crippen molar-refractivity contribution in [3.8, 4) is 0 Å². The van der Waals surface area contributed by atoms with Crippen molar-refractivity contribution in [1.82, 2.24) is 20.1 Å². The van der Waals surface area contributed by atoms with Gasteiger partial charge in [0.25, 0.3) is 0 Å². The van der Waals surface area contributed by atoms with Crippen LogP contribution in [0, 0.1) is 6.92 Å². The summed E-state index contributed by atoms with van der Waals surface area (Å²) in [5, 5.41) is 8.90. The van der Waals surface area contributed by atoms with Crippen LogP contribution in [0.25, 0.3) is 10.9 Å². The van der Waals surface area contributed by atoms with Crippen LogP contribution in [0.3, 0.4) is 0 Å². The van der Waals surface area contributed by atoms with Crippen LogP contribution in [-0.2, 0) is 16.0 Å². The summed E-state index contributed by atoms with van der Waals surface area (Å²) in [6.07, 6.45) is 1.91. The van der Waals surface area contributed by atoms with Crippen molar-refractivity contribution in [3.05, 3.63) is 47.8 Å². The highest BCUT2D eigenvalue weighted by atomic mass is 16.5. The molecule has 1 fully saturated rings. The molecular formula is C17H18N4O3. The van der Waals surface area contributed by atoms with Gasteiger partial charge in [0.15, 0.2) is 6.10 Å². The Hall–Kier alpha value is -2.67. The van der Waals surface area contributed by atoms with Crippen LogP contribution in [0.15, 0.2) is 34.9 Å². The van der Waals surface area contributed by atoms with Gasteiger partial charge < -0.3 is 19.0 Å². The lowest BCUT2D eigenvalue weighted by Crippen LogP contribution is -2.43. The maximum absolute atomic E-state index is 12.7. The van der Waals surface area contributed by atoms with E-state index in [0.717, 1.165) is 16.5 Å². The second-order valence-electron chi connectivity index (χ2n) is 5.89. The van der Waals surface area contributed by atoms with E-state index in [2.05, 4.69) is 15.2 Å². The van der Waals surface area contributed by atoms with Crippen molar-refractivity contribution in [3.63, 3.8) is 0 Å². The summed E-state index contributed by atoms with van der Waals surface area (Å²) in [6, 6.07) is 7.99. The summed E-state index contributed by atoms with van der Waals surface area (Å²) in [5.74, 6) is 0.997. The van der Waals surface area contributed by atoms with Crippen molar-refractivity contribution in [2.24, 2.45) is 0 Å². The fourth-order valence-corrected chi connectivity index (χ4v) is 3.02. The minimum absolute atomic E-state index is 0.0734. The van der Waals surface area contributed by atoms with Gasteiger partial charge in [-0.05, 0) is 11.6 Å². The van der Waals surface area contributed by atoms with Crippen molar-refractivity contribution in [2.75, 3.05) is 19.7 Å². The van der Waals surface area contributed by atoms with Crippen molar-refractivity contribution in [2.45, 2.75) is 19.4 Å². The van der Waals surface area contributed by atoms with E-state index in [4.69, 9.17) is 9.15 Å². The Balaban J connectivity index is 1.48. The predicted molar refractivity (Wildman–Crippen MR) is 86.3 cm³/mol. The molecule has 7 nitrogen and oxygen atoms in total. The third kappa shape index (κ3) is 2.78. The largest absolute Gasteiger partial charge is 0.423 e. The predicted octanol–water partition coefficient (Wildman–Crippen LogP) is 2.00. The third-order valence-corrected chi connectivity index (χ3v) is 4.25. The Morgan fingerprint density at radius 2 is 2.25 bits per heavy atom. The molecule has 1 aliphatic rings. The van der Waals surface area contributed by atoms with Gasteiger partial charge in [-0.15, -0.1) is 10.2 Å². The van der Waals surface area contributed by atoms with Gasteiger partial charge in [-0.25, -0.2) is 0 Å². The van der Waals surface area contributed by atoms with E-state index in [1.54, 1.807) is 11.8 Å². The third-order valence-electron chi connectivity index (χ3n) is 4.25. The number of carbonyl (C=O) groups is 1. The number of aromatic nitrogens is 3. The fraction of sp³-hybridized carbons (Fsp3) is 0.353. The SMILES string of the molecule is Cc1nnc(C2CN(C(=O)Cc3c[nH]c4ccccc34)CCO2)o1.